The van der Waals surface area contributed by atoms with Crippen molar-refractivity contribution in [2.24, 2.45) is 0 Å². The fraction of sp³-hybridized carbons (Fsp3) is 0.520. The van der Waals surface area contributed by atoms with Crippen molar-refractivity contribution < 1.29 is 22.4 Å². The minimum atomic E-state index is -3.12. The molecule has 0 heterocycles. The smallest absolute Gasteiger partial charge is 0.309 e. The van der Waals surface area contributed by atoms with Crippen molar-refractivity contribution >= 4 is 7.60 Å². The number of fused-ring (bicyclic) bond motifs is 3. The van der Waals surface area contributed by atoms with E-state index in [4.69, 9.17) is 9.05 Å². The van der Waals surface area contributed by atoms with Gasteiger partial charge in [0.15, 0.2) is 0 Å². The Labute approximate surface area is 184 Å². The molecule has 2 aromatic rings. The van der Waals surface area contributed by atoms with Gasteiger partial charge in [-0.2, -0.15) is 0 Å². The first-order chi connectivity index (χ1) is 15.0. The van der Waals surface area contributed by atoms with Crippen molar-refractivity contribution in [3.8, 4) is 11.1 Å². The highest BCUT2D eigenvalue weighted by Gasteiger charge is 2.26. The summed E-state index contributed by atoms with van der Waals surface area (Å²) in [5, 5.41) is 0. The molecule has 1 aliphatic carbocycles. The maximum Gasteiger partial charge on any atom is 0.330 e. The number of hydrogen-bond acceptors (Lipinski definition) is 3. The Hall–Kier alpha value is -1.55. The monoisotopic (exact) mass is 450 g/mol. The molecule has 0 fully saturated rings. The van der Waals surface area contributed by atoms with Gasteiger partial charge in [-0.25, -0.2) is 8.78 Å². The molecule has 0 bridgehead atoms. The highest BCUT2D eigenvalue weighted by atomic mass is 31.2. The van der Waals surface area contributed by atoms with Gasteiger partial charge in [0, 0.05) is 0 Å². The fourth-order valence-corrected chi connectivity index (χ4v) is 5.78. The minimum Gasteiger partial charge on any atom is -0.309 e. The summed E-state index contributed by atoms with van der Waals surface area (Å²) in [6, 6.07) is 8.05. The molecule has 0 saturated carbocycles. The van der Waals surface area contributed by atoms with E-state index in [0.717, 1.165) is 47.9 Å². The van der Waals surface area contributed by atoms with Gasteiger partial charge in [-0.15, -0.1) is 0 Å². The molecule has 0 atom stereocenters. The van der Waals surface area contributed by atoms with Gasteiger partial charge in [0.1, 0.15) is 11.6 Å². The summed E-state index contributed by atoms with van der Waals surface area (Å²) >= 11 is 0. The van der Waals surface area contributed by atoms with E-state index in [1.807, 2.05) is 0 Å². The van der Waals surface area contributed by atoms with Crippen LogP contribution in [0.25, 0.3) is 11.1 Å². The number of benzene rings is 2. The van der Waals surface area contributed by atoms with E-state index in [0.29, 0.717) is 50.6 Å². The summed E-state index contributed by atoms with van der Waals surface area (Å²) < 4.78 is 52.6. The third-order valence-electron chi connectivity index (χ3n) is 5.78. The SMILES string of the molecule is CCCCOP(=O)(CCCCc1c(F)ccc2c1Cc1cc(F)ccc1-2)OCCCC. The number of rotatable bonds is 13. The van der Waals surface area contributed by atoms with Gasteiger partial charge in [-0.1, -0.05) is 38.8 Å². The van der Waals surface area contributed by atoms with Crippen molar-refractivity contribution in [1.29, 1.82) is 0 Å². The Kier molecular flexibility index (Phi) is 8.83. The third kappa shape index (κ3) is 6.25. The summed E-state index contributed by atoms with van der Waals surface area (Å²) in [4.78, 5) is 0. The molecule has 0 aliphatic heterocycles. The zero-order valence-electron chi connectivity index (χ0n) is 18.6. The van der Waals surface area contributed by atoms with E-state index >= 15 is 0 Å². The molecule has 2 aromatic carbocycles. The van der Waals surface area contributed by atoms with E-state index in [1.54, 1.807) is 12.1 Å². The van der Waals surface area contributed by atoms with E-state index in [9.17, 15) is 13.3 Å². The highest BCUT2D eigenvalue weighted by molar-refractivity contribution is 7.53. The predicted molar refractivity (Wildman–Crippen MR) is 122 cm³/mol. The maximum absolute atomic E-state index is 14.6. The average molecular weight is 451 g/mol. The lowest BCUT2D eigenvalue weighted by Gasteiger charge is -2.19. The Morgan fingerprint density at radius 1 is 0.903 bits per heavy atom. The summed E-state index contributed by atoms with van der Waals surface area (Å²) in [5.74, 6) is -0.496. The van der Waals surface area contributed by atoms with Gasteiger partial charge in [0.05, 0.1) is 19.4 Å². The number of unbranched alkanes of at least 4 members (excludes halogenated alkanes) is 3. The normalized spacial score (nSPS) is 12.8. The molecule has 0 radical (unpaired) electrons. The zero-order chi connectivity index (χ0) is 22.3. The van der Waals surface area contributed by atoms with E-state index in [-0.39, 0.29) is 11.6 Å². The lowest BCUT2D eigenvalue weighted by atomic mass is 9.97. The van der Waals surface area contributed by atoms with Crippen LogP contribution in [0.2, 0.25) is 0 Å². The van der Waals surface area contributed by atoms with Crippen LogP contribution in [0, 0.1) is 11.6 Å². The predicted octanol–water partition coefficient (Wildman–Crippen LogP) is 7.69. The molecule has 0 amide bonds. The number of halogens is 2. The average Bonchev–Trinajstić information content (AvgIpc) is 3.10. The molecule has 3 rings (SSSR count). The standard InChI is InChI=1S/C25H33F2O3P/c1-3-5-14-29-31(28,30-15-6-4-2)16-8-7-9-23-24-18-19-17-20(26)10-11-21(19)22(24)12-13-25(23)27/h10-13,17H,3-9,14-16,18H2,1-2H3. The lowest BCUT2D eigenvalue weighted by molar-refractivity contribution is 0.199. The first-order valence-corrected chi connectivity index (χ1v) is 13.2. The van der Waals surface area contributed by atoms with Crippen molar-refractivity contribution in [1.82, 2.24) is 0 Å². The summed E-state index contributed by atoms with van der Waals surface area (Å²) in [6.07, 6.45) is 6.43. The first kappa shape index (κ1) is 24.1. The van der Waals surface area contributed by atoms with Crippen LogP contribution >= 0.6 is 7.60 Å². The second-order valence-corrected chi connectivity index (χ2v) is 10.4. The van der Waals surface area contributed by atoms with Gasteiger partial charge < -0.3 is 9.05 Å². The molecule has 0 unspecified atom stereocenters. The molecule has 3 nitrogen and oxygen atoms in total. The first-order valence-electron chi connectivity index (χ1n) is 11.4. The van der Waals surface area contributed by atoms with Gasteiger partial charge in [-0.05, 0) is 84.5 Å². The molecule has 1 aliphatic rings. The molecule has 6 heteroatoms. The van der Waals surface area contributed by atoms with Crippen LogP contribution in [0.15, 0.2) is 30.3 Å². The van der Waals surface area contributed by atoms with Crippen LogP contribution in [-0.4, -0.2) is 19.4 Å². The van der Waals surface area contributed by atoms with Crippen LogP contribution in [0.1, 0.15) is 69.1 Å². The quantitative estimate of drug-likeness (QED) is 0.198. The van der Waals surface area contributed by atoms with Crippen molar-refractivity contribution in [3.05, 3.63) is 58.7 Å². The summed E-state index contributed by atoms with van der Waals surface area (Å²) in [7, 11) is -3.12. The van der Waals surface area contributed by atoms with E-state index < -0.39 is 7.60 Å². The molecule has 31 heavy (non-hydrogen) atoms. The van der Waals surface area contributed by atoms with Crippen LogP contribution in [0.4, 0.5) is 8.78 Å². The Morgan fingerprint density at radius 2 is 1.58 bits per heavy atom. The topological polar surface area (TPSA) is 35.5 Å². The van der Waals surface area contributed by atoms with Crippen molar-refractivity contribution in [2.45, 2.75) is 65.2 Å². The summed E-state index contributed by atoms with van der Waals surface area (Å²) in [6.45, 7) is 5.00. The minimum absolute atomic E-state index is 0.228. The van der Waals surface area contributed by atoms with Crippen LogP contribution in [0.3, 0.4) is 0 Å². The Bertz CT molecular complexity index is 915. The second-order valence-electron chi connectivity index (χ2n) is 8.20. The molecular weight excluding hydrogens is 417 g/mol. The molecular formula is C25H33F2O3P. The summed E-state index contributed by atoms with van der Waals surface area (Å²) in [5.41, 5.74) is 4.50. The van der Waals surface area contributed by atoms with Gasteiger partial charge >= 0.3 is 7.60 Å². The molecule has 0 N–H and O–H groups in total. The number of hydrogen-bond donors (Lipinski definition) is 0. The van der Waals surface area contributed by atoms with E-state index in [1.165, 1.54) is 18.2 Å². The van der Waals surface area contributed by atoms with Gasteiger partial charge in [0.25, 0.3) is 0 Å². The van der Waals surface area contributed by atoms with Crippen LogP contribution < -0.4 is 0 Å². The van der Waals surface area contributed by atoms with Crippen LogP contribution in [0.5, 0.6) is 0 Å². The molecule has 0 aromatic heterocycles. The molecule has 170 valence electrons. The zero-order valence-corrected chi connectivity index (χ0v) is 19.5. The fourth-order valence-electron chi connectivity index (χ4n) is 4.02. The third-order valence-corrected chi connectivity index (χ3v) is 7.80. The van der Waals surface area contributed by atoms with Crippen molar-refractivity contribution in [3.63, 3.8) is 0 Å². The lowest BCUT2D eigenvalue weighted by Crippen LogP contribution is -2.04. The largest absolute Gasteiger partial charge is 0.330 e. The molecule has 0 saturated heterocycles. The second kappa shape index (κ2) is 11.4. The highest BCUT2D eigenvalue weighted by Crippen LogP contribution is 2.49. The van der Waals surface area contributed by atoms with Gasteiger partial charge in [-0.3, -0.25) is 4.57 Å². The maximum atomic E-state index is 14.6. The van der Waals surface area contributed by atoms with Crippen molar-refractivity contribution in [2.75, 3.05) is 19.4 Å². The van der Waals surface area contributed by atoms with E-state index in [2.05, 4.69) is 13.8 Å². The Balaban J connectivity index is 1.62. The van der Waals surface area contributed by atoms with Gasteiger partial charge in [0.2, 0.25) is 0 Å². The molecule has 0 spiro atoms. The Morgan fingerprint density at radius 3 is 2.26 bits per heavy atom. The van der Waals surface area contributed by atoms with Crippen LogP contribution in [-0.2, 0) is 26.5 Å².